The maximum Gasteiger partial charge on any atom is 0.259 e. The number of hydrogen-bond acceptors (Lipinski definition) is 5. The Morgan fingerprint density at radius 2 is 2.19 bits per heavy atom. The van der Waals surface area contributed by atoms with Gasteiger partial charge in [0.05, 0.1) is 11.9 Å². The van der Waals surface area contributed by atoms with Gasteiger partial charge in [-0.15, -0.1) is 23.7 Å². The van der Waals surface area contributed by atoms with Gasteiger partial charge in [0.2, 0.25) is 0 Å². The van der Waals surface area contributed by atoms with E-state index < -0.39 is 0 Å². The quantitative estimate of drug-likeness (QED) is 0.902. The van der Waals surface area contributed by atoms with E-state index in [1.165, 1.54) is 4.88 Å². The number of likely N-dealkylation sites (N-methyl/N-ethyl adjacent to an activating group) is 1. The molecule has 21 heavy (non-hydrogen) atoms. The molecule has 1 aliphatic rings. The zero-order chi connectivity index (χ0) is 14.3. The minimum Gasteiger partial charge on any atom is -0.315 e. The van der Waals surface area contributed by atoms with Gasteiger partial charge in [0.15, 0.2) is 0 Å². The molecule has 1 saturated heterocycles. The minimum atomic E-state index is -0.00945. The smallest absolute Gasteiger partial charge is 0.259 e. The van der Waals surface area contributed by atoms with Crippen LogP contribution in [0.3, 0.4) is 0 Å². The van der Waals surface area contributed by atoms with Crippen LogP contribution in [-0.4, -0.2) is 41.0 Å². The lowest BCUT2D eigenvalue weighted by atomic mass is 10.2. The molecule has 2 N–H and O–H groups in total. The summed E-state index contributed by atoms with van der Waals surface area (Å²) in [6.07, 6.45) is 1.15. The van der Waals surface area contributed by atoms with Crippen LogP contribution < -0.4 is 10.9 Å². The molecule has 1 unspecified atom stereocenters. The Hall–Kier alpha value is -0.950. The van der Waals surface area contributed by atoms with E-state index in [-0.39, 0.29) is 18.0 Å². The predicted octanol–water partition coefficient (Wildman–Crippen LogP) is 1.82. The zero-order valence-electron chi connectivity index (χ0n) is 12.5. The highest BCUT2D eigenvalue weighted by molar-refractivity contribution is 7.18. The number of aryl methyl sites for hydroxylation is 2. The molecule has 1 fully saturated rings. The second kappa shape index (κ2) is 6.44. The van der Waals surface area contributed by atoms with Gasteiger partial charge in [-0.2, -0.15) is 0 Å². The van der Waals surface area contributed by atoms with Gasteiger partial charge in [-0.3, -0.25) is 9.69 Å². The second-order valence-corrected chi connectivity index (χ2v) is 6.74. The van der Waals surface area contributed by atoms with Crippen molar-refractivity contribution in [3.8, 4) is 0 Å². The van der Waals surface area contributed by atoms with E-state index in [4.69, 9.17) is 0 Å². The monoisotopic (exact) mass is 328 g/mol. The average Bonchev–Trinajstić information content (AvgIpc) is 2.99. The van der Waals surface area contributed by atoms with Crippen molar-refractivity contribution in [1.82, 2.24) is 20.2 Å². The van der Waals surface area contributed by atoms with Crippen molar-refractivity contribution in [3.05, 3.63) is 26.6 Å². The van der Waals surface area contributed by atoms with E-state index in [0.29, 0.717) is 12.6 Å². The Kier molecular flexibility index (Phi) is 5.03. The summed E-state index contributed by atoms with van der Waals surface area (Å²) < 4.78 is 0. The number of nitrogens with zero attached hydrogens (tertiary/aromatic N) is 2. The van der Waals surface area contributed by atoms with Crippen LogP contribution >= 0.6 is 23.7 Å². The normalized spacial score (nSPS) is 18.4. The third kappa shape index (κ3) is 3.13. The number of fused-ring (bicyclic) bond motifs is 1. The molecule has 0 amide bonds. The van der Waals surface area contributed by atoms with E-state index in [9.17, 15) is 4.79 Å². The summed E-state index contributed by atoms with van der Waals surface area (Å²) in [5.74, 6) is 0.762. The first kappa shape index (κ1) is 16.4. The number of rotatable bonds is 3. The predicted molar refractivity (Wildman–Crippen MR) is 89.7 cm³/mol. The number of aromatic nitrogens is 2. The fourth-order valence-electron chi connectivity index (χ4n) is 2.76. The Morgan fingerprint density at radius 1 is 1.43 bits per heavy atom. The highest BCUT2D eigenvalue weighted by Crippen LogP contribution is 2.25. The number of nitrogens with one attached hydrogen (secondary N) is 2. The standard InChI is InChI=1S/C14H20N4OS.ClH/c1-8-9(2)20-14-12(8)13(19)16-11(17-14)7-18(3)10-4-5-15-6-10;/h10,15H,4-7H2,1-3H3,(H,16,17,19);1H. The van der Waals surface area contributed by atoms with Crippen LogP contribution in [-0.2, 0) is 6.54 Å². The maximum absolute atomic E-state index is 12.2. The van der Waals surface area contributed by atoms with Gasteiger partial charge in [0.25, 0.3) is 5.56 Å². The van der Waals surface area contributed by atoms with Gasteiger partial charge in [-0.05, 0) is 39.4 Å². The van der Waals surface area contributed by atoms with Crippen molar-refractivity contribution < 1.29 is 0 Å². The van der Waals surface area contributed by atoms with Crippen LogP contribution in [0.5, 0.6) is 0 Å². The number of hydrogen-bond donors (Lipinski definition) is 2. The number of aromatic amines is 1. The summed E-state index contributed by atoms with van der Waals surface area (Å²) in [4.78, 5) is 24.1. The summed E-state index contributed by atoms with van der Waals surface area (Å²) in [5.41, 5.74) is 1.04. The summed E-state index contributed by atoms with van der Waals surface area (Å²) in [6.45, 7) is 6.80. The Morgan fingerprint density at radius 3 is 2.86 bits per heavy atom. The molecule has 0 spiro atoms. The van der Waals surface area contributed by atoms with Gasteiger partial charge < -0.3 is 10.3 Å². The third-order valence-corrected chi connectivity index (χ3v) is 5.25. The molecule has 3 heterocycles. The number of H-pyrrole nitrogens is 1. The first-order chi connectivity index (χ1) is 9.56. The molecule has 7 heteroatoms. The van der Waals surface area contributed by atoms with Crippen LogP contribution in [0.4, 0.5) is 0 Å². The van der Waals surface area contributed by atoms with Crippen LogP contribution in [0, 0.1) is 13.8 Å². The largest absolute Gasteiger partial charge is 0.315 e. The summed E-state index contributed by atoms with van der Waals surface area (Å²) in [7, 11) is 2.09. The van der Waals surface area contributed by atoms with Crippen molar-refractivity contribution in [2.75, 3.05) is 20.1 Å². The Balaban J connectivity index is 0.00000161. The molecule has 5 nitrogen and oxygen atoms in total. The lowest BCUT2D eigenvalue weighted by Crippen LogP contribution is -2.34. The summed E-state index contributed by atoms with van der Waals surface area (Å²) in [6, 6.07) is 0.530. The molecular formula is C14H21ClN4OS. The molecule has 2 aromatic heterocycles. The zero-order valence-corrected chi connectivity index (χ0v) is 14.2. The molecule has 116 valence electrons. The topological polar surface area (TPSA) is 61.0 Å². The first-order valence-electron chi connectivity index (χ1n) is 6.96. The lowest BCUT2D eigenvalue weighted by Gasteiger charge is -2.22. The molecule has 0 radical (unpaired) electrons. The van der Waals surface area contributed by atoms with Gasteiger partial charge >= 0.3 is 0 Å². The number of halogens is 1. The second-order valence-electron chi connectivity index (χ2n) is 5.54. The summed E-state index contributed by atoms with van der Waals surface area (Å²) >= 11 is 1.60. The van der Waals surface area contributed by atoms with E-state index in [0.717, 1.165) is 41.1 Å². The fourth-order valence-corrected chi connectivity index (χ4v) is 3.80. The molecule has 3 rings (SSSR count). The van der Waals surface area contributed by atoms with Crippen LogP contribution in [0.25, 0.3) is 10.2 Å². The SMILES string of the molecule is Cc1sc2nc(CN(C)C3CCNC3)[nH]c(=O)c2c1C.Cl. The maximum atomic E-state index is 12.2. The van der Waals surface area contributed by atoms with Crippen molar-refractivity contribution in [2.24, 2.45) is 0 Å². The van der Waals surface area contributed by atoms with Gasteiger partial charge in [-0.25, -0.2) is 4.98 Å². The molecule has 0 saturated carbocycles. The highest BCUT2D eigenvalue weighted by Gasteiger charge is 2.20. The van der Waals surface area contributed by atoms with Crippen molar-refractivity contribution in [3.63, 3.8) is 0 Å². The minimum absolute atomic E-state index is 0. The fraction of sp³-hybridized carbons (Fsp3) is 0.571. The van der Waals surface area contributed by atoms with Crippen molar-refractivity contribution in [1.29, 1.82) is 0 Å². The van der Waals surface area contributed by atoms with Gasteiger partial charge in [-0.1, -0.05) is 0 Å². The highest BCUT2D eigenvalue weighted by atomic mass is 35.5. The molecule has 0 aromatic carbocycles. The molecule has 1 aliphatic heterocycles. The van der Waals surface area contributed by atoms with Crippen LogP contribution in [0.1, 0.15) is 22.7 Å². The number of thiophene rings is 1. The van der Waals surface area contributed by atoms with Crippen molar-refractivity contribution >= 4 is 34.0 Å². The molecule has 0 bridgehead atoms. The van der Waals surface area contributed by atoms with Gasteiger partial charge in [0, 0.05) is 17.5 Å². The molecule has 1 atom stereocenters. The van der Waals surface area contributed by atoms with E-state index in [1.807, 2.05) is 13.8 Å². The van der Waals surface area contributed by atoms with E-state index in [2.05, 4.69) is 27.2 Å². The summed E-state index contributed by atoms with van der Waals surface area (Å²) in [5, 5.41) is 4.11. The lowest BCUT2D eigenvalue weighted by molar-refractivity contribution is 0.243. The first-order valence-corrected chi connectivity index (χ1v) is 7.77. The van der Waals surface area contributed by atoms with E-state index in [1.54, 1.807) is 11.3 Å². The third-order valence-electron chi connectivity index (χ3n) is 4.14. The van der Waals surface area contributed by atoms with Crippen LogP contribution in [0.15, 0.2) is 4.79 Å². The Bertz CT molecular complexity index is 690. The molecule has 0 aliphatic carbocycles. The Labute approximate surface area is 134 Å². The average molecular weight is 329 g/mol. The molecule has 2 aromatic rings. The molecular weight excluding hydrogens is 308 g/mol. The van der Waals surface area contributed by atoms with E-state index >= 15 is 0 Å². The van der Waals surface area contributed by atoms with Gasteiger partial charge in [0.1, 0.15) is 10.7 Å². The van der Waals surface area contributed by atoms with Crippen molar-refractivity contribution in [2.45, 2.75) is 32.9 Å². The van der Waals surface area contributed by atoms with Crippen LogP contribution in [0.2, 0.25) is 0 Å².